The maximum absolute atomic E-state index is 13.4. The summed E-state index contributed by atoms with van der Waals surface area (Å²) in [6.45, 7) is 2.43. The molecule has 0 spiro atoms. The van der Waals surface area contributed by atoms with Gasteiger partial charge in [0.1, 0.15) is 11.3 Å². The van der Waals surface area contributed by atoms with Crippen LogP contribution in [-0.2, 0) is 13.0 Å². The van der Waals surface area contributed by atoms with Crippen molar-refractivity contribution in [3.05, 3.63) is 94.3 Å². The van der Waals surface area contributed by atoms with Gasteiger partial charge in [0, 0.05) is 18.0 Å². The molecule has 2 aromatic carbocycles. The second-order valence-electron chi connectivity index (χ2n) is 6.27. The van der Waals surface area contributed by atoms with E-state index in [1.807, 2.05) is 12.1 Å². The number of hydrogen-bond acceptors (Lipinski definition) is 2. The van der Waals surface area contributed by atoms with Crippen molar-refractivity contribution in [2.45, 2.75) is 19.9 Å². The van der Waals surface area contributed by atoms with E-state index >= 15 is 0 Å². The Bertz CT molecular complexity index is 1130. The zero-order chi connectivity index (χ0) is 18.1. The van der Waals surface area contributed by atoms with Gasteiger partial charge in [-0.3, -0.25) is 4.79 Å². The van der Waals surface area contributed by atoms with Gasteiger partial charge in [-0.05, 0) is 35.7 Å². The zero-order valence-corrected chi connectivity index (χ0v) is 14.4. The molecule has 0 saturated carbocycles. The van der Waals surface area contributed by atoms with Crippen molar-refractivity contribution in [1.29, 1.82) is 0 Å². The van der Waals surface area contributed by atoms with Gasteiger partial charge in [-0.25, -0.2) is 8.91 Å². The van der Waals surface area contributed by atoms with E-state index in [4.69, 9.17) is 0 Å². The highest BCUT2D eigenvalue weighted by Gasteiger charge is 2.10. The third kappa shape index (κ3) is 3.04. The average Bonchev–Trinajstić information content (AvgIpc) is 3.09. The van der Waals surface area contributed by atoms with Crippen LogP contribution in [0.15, 0.2) is 71.8 Å². The van der Waals surface area contributed by atoms with Crippen LogP contribution in [0.2, 0.25) is 0 Å². The maximum Gasteiger partial charge on any atom is 0.276 e. The fraction of sp³-hybridized carbons (Fsp3) is 0.143. The number of fused-ring (bicyclic) bond motifs is 1. The topological polar surface area (TPSA) is 39.3 Å². The molecule has 0 radical (unpaired) electrons. The molecule has 0 atom stereocenters. The summed E-state index contributed by atoms with van der Waals surface area (Å²) in [5.41, 5.74) is 4.08. The predicted molar refractivity (Wildman–Crippen MR) is 99.8 cm³/mol. The molecule has 0 aliphatic rings. The summed E-state index contributed by atoms with van der Waals surface area (Å²) in [7, 11) is 0. The van der Waals surface area contributed by atoms with Crippen molar-refractivity contribution in [3.8, 4) is 11.3 Å². The first-order valence-electron chi connectivity index (χ1n) is 8.56. The maximum atomic E-state index is 13.4. The lowest BCUT2D eigenvalue weighted by Crippen LogP contribution is -2.21. The molecule has 5 heteroatoms. The zero-order valence-electron chi connectivity index (χ0n) is 14.4. The molecule has 4 nitrogen and oxygen atoms in total. The van der Waals surface area contributed by atoms with Gasteiger partial charge in [-0.1, -0.05) is 43.3 Å². The standard InChI is InChI=1S/C21H18FN3O/c1-2-15-6-8-17(9-7-15)19-13-20-21(26)24(10-11-25(20)23-19)14-16-4-3-5-18(22)12-16/h3-13H,2,14H2,1H3. The number of aryl methyl sites for hydroxylation is 1. The van der Waals surface area contributed by atoms with Crippen LogP contribution in [0.1, 0.15) is 18.1 Å². The molecule has 0 unspecified atom stereocenters. The molecule has 0 aliphatic carbocycles. The van der Waals surface area contributed by atoms with E-state index in [1.165, 1.54) is 17.7 Å². The van der Waals surface area contributed by atoms with E-state index in [-0.39, 0.29) is 11.4 Å². The van der Waals surface area contributed by atoms with Gasteiger partial charge in [0.15, 0.2) is 0 Å². The molecule has 2 heterocycles. The normalized spacial score (nSPS) is 11.2. The van der Waals surface area contributed by atoms with Gasteiger partial charge in [-0.2, -0.15) is 5.10 Å². The molecule has 4 aromatic rings. The van der Waals surface area contributed by atoms with Gasteiger partial charge in [0.2, 0.25) is 0 Å². The number of rotatable bonds is 4. The van der Waals surface area contributed by atoms with Crippen molar-refractivity contribution >= 4 is 5.52 Å². The highest BCUT2D eigenvalue weighted by molar-refractivity contribution is 5.65. The molecule has 4 rings (SSSR count). The number of halogens is 1. The van der Waals surface area contributed by atoms with Crippen LogP contribution in [0.25, 0.3) is 16.8 Å². The Morgan fingerprint density at radius 2 is 1.81 bits per heavy atom. The van der Waals surface area contributed by atoms with E-state index < -0.39 is 0 Å². The molecule has 0 saturated heterocycles. The van der Waals surface area contributed by atoms with Crippen molar-refractivity contribution in [3.63, 3.8) is 0 Å². The van der Waals surface area contributed by atoms with Crippen LogP contribution in [-0.4, -0.2) is 14.2 Å². The van der Waals surface area contributed by atoms with Crippen LogP contribution in [0.4, 0.5) is 4.39 Å². The Labute approximate surface area is 150 Å². The second-order valence-corrected chi connectivity index (χ2v) is 6.27. The van der Waals surface area contributed by atoms with E-state index in [2.05, 4.69) is 24.2 Å². The molecule has 0 fully saturated rings. The lowest BCUT2D eigenvalue weighted by atomic mass is 10.1. The summed E-state index contributed by atoms with van der Waals surface area (Å²) in [5, 5.41) is 4.50. The van der Waals surface area contributed by atoms with Gasteiger partial charge >= 0.3 is 0 Å². The van der Waals surface area contributed by atoms with E-state index in [0.717, 1.165) is 23.2 Å². The summed E-state index contributed by atoms with van der Waals surface area (Å²) in [6.07, 6.45) is 4.41. The molecule has 26 heavy (non-hydrogen) atoms. The minimum absolute atomic E-state index is 0.152. The Balaban J connectivity index is 1.72. The number of nitrogens with zero attached hydrogens (tertiary/aromatic N) is 3. The second kappa shape index (κ2) is 6.59. The molecule has 0 aliphatic heterocycles. The molecular formula is C21H18FN3O. The molecule has 2 aromatic heterocycles. The lowest BCUT2D eigenvalue weighted by Gasteiger charge is -2.06. The summed E-state index contributed by atoms with van der Waals surface area (Å²) >= 11 is 0. The third-order valence-corrected chi connectivity index (χ3v) is 4.50. The number of benzene rings is 2. The van der Waals surface area contributed by atoms with E-state index in [0.29, 0.717) is 12.1 Å². The SMILES string of the molecule is CCc1ccc(-c2cc3c(=O)n(Cc4cccc(F)c4)ccn3n2)cc1. The minimum Gasteiger partial charge on any atom is -0.308 e. The first-order chi connectivity index (χ1) is 12.6. The first kappa shape index (κ1) is 16.3. The van der Waals surface area contributed by atoms with Crippen molar-refractivity contribution in [2.24, 2.45) is 0 Å². The van der Waals surface area contributed by atoms with Crippen LogP contribution in [0, 0.1) is 5.82 Å². The smallest absolute Gasteiger partial charge is 0.276 e. The molecule has 0 bridgehead atoms. The summed E-state index contributed by atoms with van der Waals surface area (Å²) in [4.78, 5) is 12.8. The van der Waals surface area contributed by atoms with Crippen LogP contribution >= 0.6 is 0 Å². The Morgan fingerprint density at radius 3 is 2.54 bits per heavy atom. The van der Waals surface area contributed by atoms with Gasteiger partial charge in [0.25, 0.3) is 5.56 Å². The summed E-state index contributed by atoms with van der Waals surface area (Å²) < 4.78 is 16.5. The third-order valence-electron chi connectivity index (χ3n) is 4.50. The minimum atomic E-state index is -0.307. The Kier molecular flexibility index (Phi) is 4.13. The van der Waals surface area contributed by atoms with E-state index in [1.54, 1.807) is 39.7 Å². The Morgan fingerprint density at radius 1 is 1.00 bits per heavy atom. The highest BCUT2D eigenvalue weighted by Crippen LogP contribution is 2.19. The number of aromatic nitrogens is 3. The largest absolute Gasteiger partial charge is 0.308 e. The Hall–Kier alpha value is -3.21. The van der Waals surface area contributed by atoms with Gasteiger partial charge < -0.3 is 4.57 Å². The molecule has 0 amide bonds. The molecule has 0 N–H and O–H groups in total. The van der Waals surface area contributed by atoms with Crippen LogP contribution < -0.4 is 5.56 Å². The van der Waals surface area contributed by atoms with Gasteiger partial charge in [-0.15, -0.1) is 0 Å². The van der Waals surface area contributed by atoms with Crippen molar-refractivity contribution in [2.75, 3.05) is 0 Å². The first-order valence-corrected chi connectivity index (χ1v) is 8.56. The van der Waals surface area contributed by atoms with Gasteiger partial charge in [0.05, 0.1) is 12.2 Å². The highest BCUT2D eigenvalue weighted by atomic mass is 19.1. The molecule has 130 valence electrons. The fourth-order valence-electron chi connectivity index (χ4n) is 3.04. The van der Waals surface area contributed by atoms with Crippen molar-refractivity contribution < 1.29 is 4.39 Å². The predicted octanol–water partition coefficient (Wildman–Crippen LogP) is 3.91. The lowest BCUT2D eigenvalue weighted by molar-refractivity contribution is 0.622. The summed E-state index contributed by atoms with van der Waals surface area (Å²) in [5.74, 6) is -0.307. The van der Waals surface area contributed by atoms with Crippen LogP contribution in [0.5, 0.6) is 0 Å². The van der Waals surface area contributed by atoms with Crippen LogP contribution in [0.3, 0.4) is 0 Å². The average molecular weight is 347 g/mol. The fourth-order valence-corrected chi connectivity index (χ4v) is 3.04. The number of hydrogen-bond donors (Lipinski definition) is 0. The van der Waals surface area contributed by atoms with Crippen molar-refractivity contribution in [1.82, 2.24) is 14.2 Å². The van der Waals surface area contributed by atoms with E-state index in [9.17, 15) is 9.18 Å². The molecular weight excluding hydrogens is 329 g/mol. The quantitative estimate of drug-likeness (QED) is 0.561. The monoisotopic (exact) mass is 347 g/mol. The summed E-state index contributed by atoms with van der Waals surface area (Å²) in [6, 6.07) is 16.3.